The van der Waals surface area contributed by atoms with Crippen molar-refractivity contribution in [3.8, 4) is 0 Å². The number of carbonyl (C=O) groups is 2. The van der Waals surface area contributed by atoms with Crippen molar-refractivity contribution in [2.24, 2.45) is 0 Å². The fraction of sp³-hybridized carbons (Fsp3) is 0.364. The number of hydrogen-bond acceptors (Lipinski definition) is 2. The summed E-state index contributed by atoms with van der Waals surface area (Å²) < 4.78 is 0.984. The van der Waals surface area contributed by atoms with E-state index >= 15 is 0 Å². The van der Waals surface area contributed by atoms with E-state index in [1.54, 1.807) is 11.8 Å². The first kappa shape index (κ1) is 21.2. The van der Waals surface area contributed by atoms with Crippen LogP contribution < -0.4 is 5.32 Å². The third-order valence-electron chi connectivity index (χ3n) is 4.42. The second-order valence-corrected chi connectivity index (χ2v) is 7.70. The maximum atomic E-state index is 13.1. The van der Waals surface area contributed by atoms with E-state index in [0.29, 0.717) is 13.1 Å². The van der Waals surface area contributed by atoms with Crippen LogP contribution in [0, 0.1) is 6.92 Å². The summed E-state index contributed by atoms with van der Waals surface area (Å²) in [7, 11) is 0. The molecule has 0 unspecified atom stereocenters. The molecule has 0 saturated carbocycles. The van der Waals surface area contributed by atoms with Gasteiger partial charge >= 0.3 is 0 Å². The molecule has 0 aromatic heterocycles. The summed E-state index contributed by atoms with van der Waals surface area (Å²) in [6, 6.07) is 15.2. The Hall–Kier alpha value is -2.14. The minimum absolute atomic E-state index is 0.0531. The van der Waals surface area contributed by atoms with Gasteiger partial charge in [-0.1, -0.05) is 64.8 Å². The zero-order valence-corrected chi connectivity index (χ0v) is 17.8. The molecule has 1 N–H and O–H groups in total. The number of hydrogen-bond donors (Lipinski definition) is 1. The maximum Gasteiger partial charge on any atom is 0.242 e. The Morgan fingerprint density at radius 2 is 1.81 bits per heavy atom. The van der Waals surface area contributed by atoms with Gasteiger partial charge in [0.2, 0.25) is 11.8 Å². The monoisotopic (exact) mass is 430 g/mol. The normalized spacial score (nSPS) is 11.7. The Morgan fingerprint density at radius 1 is 1.11 bits per heavy atom. The number of carbonyl (C=O) groups excluding carboxylic acids is 2. The predicted molar refractivity (Wildman–Crippen MR) is 112 cm³/mol. The van der Waals surface area contributed by atoms with Crippen molar-refractivity contribution >= 4 is 27.7 Å². The molecule has 144 valence electrons. The van der Waals surface area contributed by atoms with Crippen LogP contribution in [0.2, 0.25) is 0 Å². The Kier molecular flexibility index (Phi) is 8.04. The van der Waals surface area contributed by atoms with E-state index in [0.717, 1.165) is 27.6 Å². The lowest BCUT2D eigenvalue weighted by Crippen LogP contribution is -2.48. The average Bonchev–Trinajstić information content (AvgIpc) is 2.65. The van der Waals surface area contributed by atoms with E-state index in [4.69, 9.17) is 0 Å². The molecule has 4 nitrogen and oxygen atoms in total. The molecule has 0 fully saturated rings. The molecular weight excluding hydrogens is 404 g/mol. The topological polar surface area (TPSA) is 49.4 Å². The Morgan fingerprint density at radius 3 is 2.44 bits per heavy atom. The molecule has 0 aliphatic carbocycles. The molecule has 1 atom stereocenters. The lowest BCUT2D eigenvalue weighted by atomic mass is 10.1. The van der Waals surface area contributed by atoms with Gasteiger partial charge in [-0.25, -0.2) is 0 Å². The van der Waals surface area contributed by atoms with Gasteiger partial charge in [0.15, 0.2) is 0 Å². The van der Waals surface area contributed by atoms with Crippen LogP contribution in [-0.2, 0) is 22.6 Å². The SMILES string of the molecule is CCCNC(=O)[C@H](C)N(Cc1ccc(Br)cc1)C(=O)Cc1cccc(C)c1. The van der Waals surface area contributed by atoms with Gasteiger partial charge in [-0.2, -0.15) is 0 Å². The van der Waals surface area contributed by atoms with Crippen LogP contribution in [0.4, 0.5) is 0 Å². The molecular formula is C22H27BrN2O2. The quantitative estimate of drug-likeness (QED) is 0.680. The Labute approximate surface area is 170 Å². The molecule has 0 aliphatic heterocycles. The smallest absolute Gasteiger partial charge is 0.242 e. The zero-order valence-electron chi connectivity index (χ0n) is 16.2. The molecule has 2 rings (SSSR count). The minimum atomic E-state index is -0.530. The molecule has 0 spiro atoms. The molecule has 0 saturated heterocycles. The van der Waals surface area contributed by atoms with Crippen molar-refractivity contribution in [3.63, 3.8) is 0 Å². The molecule has 0 heterocycles. The Balaban J connectivity index is 2.20. The van der Waals surface area contributed by atoms with Crippen molar-refractivity contribution in [3.05, 3.63) is 69.7 Å². The summed E-state index contributed by atoms with van der Waals surface area (Å²) >= 11 is 3.43. The molecule has 27 heavy (non-hydrogen) atoms. The molecule has 0 bridgehead atoms. The van der Waals surface area contributed by atoms with Crippen molar-refractivity contribution in [2.45, 2.75) is 46.2 Å². The number of amides is 2. The summed E-state index contributed by atoms with van der Waals surface area (Å²) in [5.41, 5.74) is 3.07. The molecule has 5 heteroatoms. The fourth-order valence-corrected chi connectivity index (χ4v) is 3.13. The highest BCUT2D eigenvalue weighted by atomic mass is 79.9. The van der Waals surface area contributed by atoms with Crippen LogP contribution in [0.1, 0.15) is 37.0 Å². The van der Waals surface area contributed by atoms with Gasteiger partial charge in [0, 0.05) is 17.6 Å². The molecule has 0 radical (unpaired) electrons. The second-order valence-electron chi connectivity index (χ2n) is 6.78. The maximum absolute atomic E-state index is 13.1. The summed E-state index contributed by atoms with van der Waals surface area (Å²) in [4.78, 5) is 27.2. The first-order valence-corrected chi connectivity index (χ1v) is 10.1. The zero-order chi connectivity index (χ0) is 19.8. The van der Waals surface area contributed by atoms with Gasteiger partial charge in [0.25, 0.3) is 0 Å². The summed E-state index contributed by atoms with van der Waals surface area (Å²) in [5.74, 6) is -0.172. The number of halogens is 1. The van der Waals surface area contributed by atoms with Crippen LogP contribution >= 0.6 is 15.9 Å². The fourth-order valence-electron chi connectivity index (χ4n) is 2.86. The van der Waals surface area contributed by atoms with Crippen LogP contribution in [0.25, 0.3) is 0 Å². The highest BCUT2D eigenvalue weighted by molar-refractivity contribution is 9.10. The van der Waals surface area contributed by atoms with E-state index in [1.165, 1.54) is 0 Å². The highest BCUT2D eigenvalue weighted by Crippen LogP contribution is 2.16. The van der Waals surface area contributed by atoms with Gasteiger partial charge in [-0.05, 0) is 43.5 Å². The van der Waals surface area contributed by atoms with E-state index in [1.807, 2.05) is 62.4 Å². The van der Waals surface area contributed by atoms with Gasteiger partial charge in [-0.3, -0.25) is 9.59 Å². The van der Waals surface area contributed by atoms with Crippen molar-refractivity contribution in [1.82, 2.24) is 10.2 Å². The summed E-state index contributed by atoms with van der Waals surface area (Å²) in [6.45, 7) is 6.82. The van der Waals surface area contributed by atoms with Gasteiger partial charge in [-0.15, -0.1) is 0 Å². The standard InChI is InChI=1S/C22H27BrN2O2/c1-4-12-24-22(27)17(3)25(15-18-8-10-20(23)11-9-18)21(26)14-19-7-5-6-16(2)13-19/h5-11,13,17H,4,12,14-15H2,1-3H3,(H,24,27)/t17-/m0/s1. The molecule has 2 amide bonds. The molecule has 0 aliphatic rings. The van der Waals surface area contributed by atoms with Crippen LogP contribution in [0.3, 0.4) is 0 Å². The number of benzene rings is 2. The number of rotatable bonds is 8. The van der Waals surface area contributed by atoms with Gasteiger partial charge in [0.1, 0.15) is 6.04 Å². The highest BCUT2D eigenvalue weighted by Gasteiger charge is 2.26. The van der Waals surface area contributed by atoms with Crippen LogP contribution in [-0.4, -0.2) is 29.3 Å². The lowest BCUT2D eigenvalue weighted by Gasteiger charge is -2.29. The van der Waals surface area contributed by atoms with E-state index < -0.39 is 6.04 Å². The first-order valence-electron chi connectivity index (χ1n) is 9.28. The predicted octanol–water partition coefficient (Wildman–Crippen LogP) is 4.24. The van der Waals surface area contributed by atoms with Crippen LogP contribution in [0.5, 0.6) is 0 Å². The van der Waals surface area contributed by atoms with Crippen molar-refractivity contribution in [1.29, 1.82) is 0 Å². The lowest BCUT2D eigenvalue weighted by molar-refractivity contribution is -0.140. The van der Waals surface area contributed by atoms with E-state index in [9.17, 15) is 9.59 Å². The van der Waals surface area contributed by atoms with Crippen LogP contribution in [0.15, 0.2) is 53.0 Å². The third-order valence-corrected chi connectivity index (χ3v) is 4.95. The molecule has 2 aromatic carbocycles. The number of nitrogens with one attached hydrogen (secondary N) is 1. The Bertz CT molecular complexity index is 774. The third kappa shape index (κ3) is 6.51. The minimum Gasteiger partial charge on any atom is -0.354 e. The molecule has 2 aromatic rings. The number of aryl methyl sites for hydroxylation is 1. The van der Waals surface area contributed by atoms with Crippen molar-refractivity contribution < 1.29 is 9.59 Å². The number of nitrogens with zero attached hydrogens (tertiary/aromatic N) is 1. The summed E-state index contributed by atoms with van der Waals surface area (Å²) in [5, 5.41) is 2.89. The summed E-state index contributed by atoms with van der Waals surface area (Å²) in [6.07, 6.45) is 1.14. The van der Waals surface area contributed by atoms with E-state index in [2.05, 4.69) is 21.2 Å². The largest absolute Gasteiger partial charge is 0.354 e. The second kappa shape index (κ2) is 10.3. The van der Waals surface area contributed by atoms with Gasteiger partial charge < -0.3 is 10.2 Å². The van der Waals surface area contributed by atoms with Gasteiger partial charge in [0.05, 0.1) is 6.42 Å². The average molecular weight is 431 g/mol. The van der Waals surface area contributed by atoms with Crippen molar-refractivity contribution in [2.75, 3.05) is 6.54 Å². The first-order chi connectivity index (χ1) is 12.9. The van der Waals surface area contributed by atoms with E-state index in [-0.39, 0.29) is 18.2 Å².